The van der Waals surface area contributed by atoms with Crippen molar-refractivity contribution in [2.75, 3.05) is 7.11 Å². The number of halogens is 1. The summed E-state index contributed by atoms with van der Waals surface area (Å²) in [6, 6.07) is 12.8. The van der Waals surface area contributed by atoms with Gasteiger partial charge in [0.25, 0.3) is 0 Å². The second-order valence-corrected chi connectivity index (χ2v) is 8.18. The number of benzene rings is 2. The van der Waals surface area contributed by atoms with Gasteiger partial charge in [-0.15, -0.1) is 0 Å². The van der Waals surface area contributed by atoms with Crippen molar-refractivity contribution < 1.29 is 17.5 Å². The normalized spacial score (nSPS) is 13.0. The summed E-state index contributed by atoms with van der Waals surface area (Å²) >= 11 is 0. The average molecular weight is 365 g/mol. The molecule has 0 heterocycles. The highest BCUT2D eigenvalue weighted by Gasteiger charge is 2.22. The van der Waals surface area contributed by atoms with Crippen molar-refractivity contribution in [3.8, 4) is 5.75 Å². The van der Waals surface area contributed by atoms with Crippen LogP contribution in [0, 0.1) is 11.7 Å². The molecule has 6 heteroatoms. The molecule has 0 spiro atoms. The summed E-state index contributed by atoms with van der Waals surface area (Å²) in [4.78, 5) is 0. The van der Waals surface area contributed by atoms with Crippen LogP contribution in [0.3, 0.4) is 0 Å². The second kappa shape index (κ2) is 8.45. The number of nitrogens with one attached hydrogen (secondary N) is 1. The number of methoxy groups -OCH3 is 1. The van der Waals surface area contributed by atoms with Gasteiger partial charge in [0.15, 0.2) is 0 Å². The summed E-state index contributed by atoms with van der Waals surface area (Å²) in [7, 11) is -2.11. The van der Waals surface area contributed by atoms with Gasteiger partial charge in [-0.1, -0.05) is 44.2 Å². The van der Waals surface area contributed by atoms with Gasteiger partial charge in [0, 0.05) is 11.6 Å². The number of sulfonamides is 1. The summed E-state index contributed by atoms with van der Waals surface area (Å²) in [5.41, 5.74) is 1.01. The van der Waals surface area contributed by atoms with Gasteiger partial charge in [-0.2, -0.15) is 0 Å². The summed E-state index contributed by atoms with van der Waals surface area (Å²) < 4.78 is 46.7. The number of rotatable bonds is 8. The molecule has 25 heavy (non-hydrogen) atoms. The summed E-state index contributed by atoms with van der Waals surface area (Å²) in [6.07, 6.45) is 0.642. The van der Waals surface area contributed by atoms with Crippen molar-refractivity contribution in [2.45, 2.75) is 32.1 Å². The molecule has 0 fully saturated rings. The topological polar surface area (TPSA) is 55.4 Å². The van der Waals surface area contributed by atoms with E-state index in [2.05, 4.69) is 4.72 Å². The lowest BCUT2D eigenvalue weighted by Gasteiger charge is -2.21. The Morgan fingerprint density at radius 3 is 2.28 bits per heavy atom. The van der Waals surface area contributed by atoms with Gasteiger partial charge in [0.05, 0.1) is 12.9 Å². The number of hydrogen-bond acceptors (Lipinski definition) is 3. The molecule has 0 saturated heterocycles. The molecule has 0 radical (unpaired) electrons. The van der Waals surface area contributed by atoms with Crippen LogP contribution in [0.2, 0.25) is 0 Å². The zero-order valence-corrected chi connectivity index (χ0v) is 15.5. The molecule has 1 atom stereocenters. The molecule has 1 unspecified atom stereocenters. The highest BCUT2D eigenvalue weighted by atomic mass is 32.2. The van der Waals surface area contributed by atoms with Crippen LogP contribution < -0.4 is 9.46 Å². The zero-order chi connectivity index (χ0) is 18.4. The maximum absolute atomic E-state index is 13.8. The van der Waals surface area contributed by atoms with Crippen molar-refractivity contribution in [3.63, 3.8) is 0 Å². The predicted molar refractivity (Wildman–Crippen MR) is 97.3 cm³/mol. The Labute approximate surface area is 149 Å². The molecule has 2 rings (SSSR count). The molecule has 2 aromatic rings. The van der Waals surface area contributed by atoms with Crippen molar-refractivity contribution in [1.29, 1.82) is 0 Å². The van der Waals surface area contributed by atoms with E-state index in [-0.39, 0.29) is 17.4 Å². The van der Waals surface area contributed by atoms with Gasteiger partial charge >= 0.3 is 0 Å². The van der Waals surface area contributed by atoms with Crippen LogP contribution in [-0.2, 0) is 15.8 Å². The zero-order valence-electron chi connectivity index (χ0n) is 14.7. The average Bonchev–Trinajstić information content (AvgIpc) is 2.55. The van der Waals surface area contributed by atoms with Gasteiger partial charge in [0.2, 0.25) is 10.0 Å². The van der Waals surface area contributed by atoms with Gasteiger partial charge in [0.1, 0.15) is 11.6 Å². The first-order valence-corrected chi connectivity index (χ1v) is 9.83. The Morgan fingerprint density at radius 1 is 1.08 bits per heavy atom. The molecular formula is C19H24FNO3S. The standard InChI is InChI=1S/C19H24FNO3S/c1-14(2)12-19(15-8-10-17(24-3)11-9-15)21-25(22,23)13-16-6-4-5-7-18(16)20/h4-11,14,19,21H,12-13H2,1-3H3. The van der Waals surface area contributed by atoms with Gasteiger partial charge in [-0.25, -0.2) is 17.5 Å². The highest BCUT2D eigenvalue weighted by Crippen LogP contribution is 2.25. The molecule has 136 valence electrons. The molecule has 1 N–H and O–H groups in total. The van der Waals surface area contributed by atoms with Gasteiger partial charge in [-0.3, -0.25) is 0 Å². The highest BCUT2D eigenvalue weighted by molar-refractivity contribution is 7.88. The maximum atomic E-state index is 13.8. The number of ether oxygens (including phenoxy) is 1. The molecule has 0 aliphatic carbocycles. The molecule has 0 aliphatic heterocycles. The van der Waals surface area contributed by atoms with E-state index in [0.717, 1.165) is 5.56 Å². The van der Waals surface area contributed by atoms with E-state index in [1.165, 1.54) is 18.2 Å². The second-order valence-electron chi connectivity index (χ2n) is 6.42. The van der Waals surface area contributed by atoms with Crippen molar-refractivity contribution in [1.82, 2.24) is 4.72 Å². The first-order chi connectivity index (χ1) is 11.8. The Bertz CT molecular complexity index is 789. The minimum atomic E-state index is -3.69. The fourth-order valence-electron chi connectivity index (χ4n) is 2.64. The van der Waals surface area contributed by atoms with Crippen molar-refractivity contribution in [2.24, 2.45) is 5.92 Å². The Balaban J connectivity index is 2.21. The van der Waals surface area contributed by atoms with Crippen molar-refractivity contribution in [3.05, 3.63) is 65.5 Å². The van der Waals surface area contributed by atoms with E-state index in [1.54, 1.807) is 25.3 Å². The molecular weight excluding hydrogens is 341 g/mol. The van der Waals surface area contributed by atoms with Crippen LogP contribution in [0.5, 0.6) is 5.75 Å². The molecule has 2 aromatic carbocycles. The van der Waals surface area contributed by atoms with Crippen LogP contribution in [0.1, 0.15) is 37.4 Å². The third kappa shape index (κ3) is 5.83. The quantitative estimate of drug-likeness (QED) is 0.768. The monoisotopic (exact) mass is 365 g/mol. The first-order valence-electron chi connectivity index (χ1n) is 8.18. The van der Waals surface area contributed by atoms with Crippen LogP contribution in [-0.4, -0.2) is 15.5 Å². The van der Waals surface area contributed by atoms with Crippen LogP contribution in [0.25, 0.3) is 0 Å². The third-order valence-electron chi connectivity index (χ3n) is 3.85. The minimum absolute atomic E-state index is 0.160. The molecule has 0 amide bonds. The molecule has 0 bridgehead atoms. The molecule has 4 nitrogen and oxygen atoms in total. The van der Waals surface area contributed by atoms with Crippen LogP contribution >= 0.6 is 0 Å². The Hall–Kier alpha value is -1.92. The maximum Gasteiger partial charge on any atom is 0.216 e. The fourth-order valence-corrected chi connectivity index (χ4v) is 4.03. The van der Waals surface area contributed by atoms with E-state index < -0.39 is 15.8 Å². The van der Waals surface area contributed by atoms with E-state index in [1.807, 2.05) is 26.0 Å². The molecule has 0 aromatic heterocycles. The number of hydrogen-bond donors (Lipinski definition) is 1. The van der Waals surface area contributed by atoms with E-state index >= 15 is 0 Å². The summed E-state index contributed by atoms with van der Waals surface area (Å²) in [6.45, 7) is 4.06. The fraction of sp³-hybridized carbons (Fsp3) is 0.368. The van der Waals surface area contributed by atoms with Crippen LogP contribution in [0.4, 0.5) is 4.39 Å². The largest absolute Gasteiger partial charge is 0.497 e. The summed E-state index contributed by atoms with van der Waals surface area (Å²) in [5, 5.41) is 0. The van der Waals surface area contributed by atoms with Crippen molar-refractivity contribution >= 4 is 10.0 Å². The van der Waals surface area contributed by atoms with E-state index in [4.69, 9.17) is 4.74 Å². The third-order valence-corrected chi connectivity index (χ3v) is 5.19. The minimum Gasteiger partial charge on any atom is -0.497 e. The smallest absolute Gasteiger partial charge is 0.216 e. The van der Waals surface area contributed by atoms with E-state index in [0.29, 0.717) is 18.1 Å². The van der Waals surface area contributed by atoms with E-state index in [9.17, 15) is 12.8 Å². The van der Waals surface area contributed by atoms with Gasteiger partial charge < -0.3 is 4.74 Å². The molecule has 0 aliphatic rings. The lowest BCUT2D eigenvalue weighted by atomic mass is 9.98. The lowest BCUT2D eigenvalue weighted by molar-refractivity contribution is 0.414. The predicted octanol–water partition coefficient (Wildman–Crippen LogP) is 4.04. The SMILES string of the molecule is COc1ccc(C(CC(C)C)NS(=O)(=O)Cc2ccccc2F)cc1. The Morgan fingerprint density at radius 2 is 1.72 bits per heavy atom. The van der Waals surface area contributed by atoms with Crippen LogP contribution in [0.15, 0.2) is 48.5 Å². The lowest BCUT2D eigenvalue weighted by Crippen LogP contribution is -2.31. The first kappa shape index (κ1) is 19.4. The van der Waals surface area contributed by atoms with Gasteiger partial charge in [-0.05, 0) is 36.1 Å². The Kier molecular flexibility index (Phi) is 6.56. The molecule has 0 saturated carbocycles. The summed E-state index contributed by atoms with van der Waals surface area (Å²) in [5.74, 6) is 0.104.